The van der Waals surface area contributed by atoms with Crippen LogP contribution in [0.2, 0.25) is 0 Å². The standard InChI is InChI=1S/C13H20N2O2/c1-3-4-5-15(2)11-9-13-12(8-10(11)14)16-6-7-17-13/h8-9H,3-7,14H2,1-2H3. The molecule has 94 valence electrons. The monoisotopic (exact) mass is 236 g/mol. The van der Waals surface area contributed by atoms with Gasteiger partial charge in [0.25, 0.3) is 0 Å². The van der Waals surface area contributed by atoms with Crippen molar-refractivity contribution < 1.29 is 9.47 Å². The van der Waals surface area contributed by atoms with Crippen molar-refractivity contribution in [2.75, 3.05) is 37.4 Å². The first-order valence-electron chi connectivity index (χ1n) is 6.12. The second-order valence-corrected chi connectivity index (χ2v) is 4.33. The number of benzene rings is 1. The normalized spacial score (nSPS) is 13.5. The smallest absolute Gasteiger partial charge is 0.163 e. The number of nitrogen functional groups attached to an aromatic ring is 1. The molecule has 1 aliphatic rings. The van der Waals surface area contributed by atoms with Crippen LogP contribution in [0.4, 0.5) is 11.4 Å². The number of nitrogens with two attached hydrogens (primary N) is 1. The maximum atomic E-state index is 6.04. The third-order valence-electron chi connectivity index (χ3n) is 2.95. The summed E-state index contributed by atoms with van der Waals surface area (Å²) in [5.74, 6) is 1.55. The molecule has 1 heterocycles. The van der Waals surface area contributed by atoms with Crippen molar-refractivity contribution in [2.24, 2.45) is 0 Å². The van der Waals surface area contributed by atoms with Crippen LogP contribution in [0.5, 0.6) is 11.5 Å². The minimum absolute atomic E-state index is 0.595. The van der Waals surface area contributed by atoms with Crippen molar-refractivity contribution >= 4 is 11.4 Å². The van der Waals surface area contributed by atoms with Crippen LogP contribution in [-0.4, -0.2) is 26.8 Å². The van der Waals surface area contributed by atoms with Crippen molar-refractivity contribution in [3.8, 4) is 11.5 Å². The van der Waals surface area contributed by atoms with Crippen molar-refractivity contribution in [3.05, 3.63) is 12.1 Å². The average Bonchev–Trinajstić information content (AvgIpc) is 2.35. The third-order valence-corrected chi connectivity index (χ3v) is 2.95. The van der Waals surface area contributed by atoms with E-state index in [1.807, 2.05) is 12.1 Å². The van der Waals surface area contributed by atoms with Crippen LogP contribution in [0.15, 0.2) is 12.1 Å². The summed E-state index contributed by atoms with van der Waals surface area (Å²) in [5, 5.41) is 0. The summed E-state index contributed by atoms with van der Waals surface area (Å²) in [5.41, 5.74) is 7.80. The highest BCUT2D eigenvalue weighted by molar-refractivity contribution is 5.73. The summed E-state index contributed by atoms with van der Waals surface area (Å²) in [4.78, 5) is 2.16. The number of rotatable bonds is 4. The van der Waals surface area contributed by atoms with Gasteiger partial charge >= 0.3 is 0 Å². The fraction of sp³-hybridized carbons (Fsp3) is 0.538. The zero-order valence-corrected chi connectivity index (χ0v) is 10.5. The molecule has 17 heavy (non-hydrogen) atoms. The molecule has 0 atom stereocenters. The highest BCUT2D eigenvalue weighted by Gasteiger charge is 2.16. The average molecular weight is 236 g/mol. The molecular formula is C13H20N2O2. The molecule has 2 rings (SSSR count). The Morgan fingerprint density at radius 1 is 1.24 bits per heavy atom. The fourth-order valence-electron chi connectivity index (χ4n) is 1.94. The van der Waals surface area contributed by atoms with Crippen LogP contribution >= 0.6 is 0 Å². The van der Waals surface area contributed by atoms with Gasteiger partial charge in [0.15, 0.2) is 11.5 Å². The van der Waals surface area contributed by atoms with E-state index in [9.17, 15) is 0 Å². The van der Waals surface area contributed by atoms with E-state index in [1.165, 1.54) is 6.42 Å². The van der Waals surface area contributed by atoms with E-state index in [0.717, 1.165) is 35.8 Å². The number of ether oxygens (including phenoxy) is 2. The number of hydrogen-bond donors (Lipinski definition) is 1. The van der Waals surface area contributed by atoms with Gasteiger partial charge in [-0.25, -0.2) is 0 Å². The van der Waals surface area contributed by atoms with Gasteiger partial charge in [0, 0.05) is 25.7 Å². The molecule has 1 aromatic carbocycles. The van der Waals surface area contributed by atoms with Gasteiger partial charge < -0.3 is 20.1 Å². The van der Waals surface area contributed by atoms with E-state index >= 15 is 0 Å². The molecule has 2 N–H and O–H groups in total. The molecule has 0 fully saturated rings. The van der Waals surface area contributed by atoms with Crippen molar-refractivity contribution in [2.45, 2.75) is 19.8 Å². The van der Waals surface area contributed by atoms with Crippen LogP contribution in [0.25, 0.3) is 0 Å². The Kier molecular flexibility index (Phi) is 3.61. The Bertz CT molecular complexity index is 393. The van der Waals surface area contributed by atoms with Gasteiger partial charge in [0.1, 0.15) is 13.2 Å². The van der Waals surface area contributed by atoms with Crippen molar-refractivity contribution in [1.82, 2.24) is 0 Å². The summed E-state index contributed by atoms with van der Waals surface area (Å²) in [6.07, 6.45) is 2.33. The van der Waals surface area contributed by atoms with Crippen LogP contribution in [-0.2, 0) is 0 Å². The lowest BCUT2D eigenvalue weighted by Gasteiger charge is -2.25. The Labute approximate surface area is 102 Å². The summed E-state index contributed by atoms with van der Waals surface area (Å²) in [6, 6.07) is 3.83. The zero-order valence-electron chi connectivity index (χ0n) is 10.5. The summed E-state index contributed by atoms with van der Waals surface area (Å²) >= 11 is 0. The van der Waals surface area contributed by atoms with E-state index in [-0.39, 0.29) is 0 Å². The lowest BCUT2D eigenvalue weighted by Crippen LogP contribution is -2.21. The number of unbranched alkanes of at least 4 members (excludes halogenated alkanes) is 1. The first kappa shape index (κ1) is 11.9. The second-order valence-electron chi connectivity index (χ2n) is 4.33. The minimum atomic E-state index is 0.595. The van der Waals surface area contributed by atoms with Gasteiger partial charge in [-0.2, -0.15) is 0 Å². The summed E-state index contributed by atoms with van der Waals surface area (Å²) < 4.78 is 11.1. The van der Waals surface area contributed by atoms with Crippen LogP contribution < -0.4 is 20.1 Å². The van der Waals surface area contributed by atoms with E-state index in [2.05, 4.69) is 18.9 Å². The third kappa shape index (κ3) is 2.57. The topological polar surface area (TPSA) is 47.7 Å². The molecule has 4 heteroatoms. The van der Waals surface area contributed by atoms with Crippen LogP contribution in [0.1, 0.15) is 19.8 Å². The molecule has 0 unspecified atom stereocenters. The first-order chi connectivity index (χ1) is 8.22. The van der Waals surface area contributed by atoms with Gasteiger partial charge in [-0.15, -0.1) is 0 Å². The van der Waals surface area contributed by atoms with Crippen LogP contribution in [0, 0.1) is 0 Å². The number of hydrogen-bond acceptors (Lipinski definition) is 4. The van der Waals surface area contributed by atoms with E-state index in [0.29, 0.717) is 13.2 Å². The Hall–Kier alpha value is -1.58. The highest BCUT2D eigenvalue weighted by atomic mass is 16.6. The van der Waals surface area contributed by atoms with E-state index in [4.69, 9.17) is 15.2 Å². The molecule has 0 aliphatic carbocycles. The maximum absolute atomic E-state index is 6.04. The Morgan fingerprint density at radius 3 is 2.53 bits per heavy atom. The van der Waals surface area contributed by atoms with Crippen molar-refractivity contribution in [1.29, 1.82) is 0 Å². The Morgan fingerprint density at radius 2 is 1.88 bits per heavy atom. The minimum Gasteiger partial charge on any atom is -0.486 e. The predicted octanol–water partition coefficient (Wildman–Crippen LogP) is 2.28. The molecule has 0 amide bonds. The van der Waals surface area contributed by atoms with Gasteiger partial charge in [-0.05, 0) is 6.42 Å². The molecule has 0 spiro atoms. The van der Waals surface area contributed by atoms with Gasteiger partial charge in [0.2, 0.25) is 0 Å². The lowest BCUT2D eigenvalue weighted by atomic mass is 10.2. The largest absolute Gasteiger partial charge is 0.486 e. The summed E-state index contributed by atoms with van der Waals surface area (Å²) in [7, 11) is 2.05. The fourth-order valence-corrected chi connectivity index (χ4v) is 1.94. The van der Waals surface area contributed by atoms with Gasteiger partial charge in [-0.1, -0.05) is 13.3 Å². The van der Waals surface area contributed by atoms with Gasteiger partial charge in [0.05, 0.1) is 11.4 Å². The SMILES string of the molecule is CCCCN(C)c1cc2c(cc1N)OCCO2. The van der Waals surface area contributed by atoms with Crippen LogP contribution in [0.3, 0.4) is 0 Å². The molecule has 1 aromatic rings. The summed E-state index contributed by atoms with van der Waals surface area (Å²) in [6.45, 7) is 4.38. The number of anilines is 2. The molecular weight excluding hydrogens is 216 g/mol. The molecule has 1 aliphatic heterocycles. The predicted molar refractivity (Wildman–Crippen MR) is 70.0 cm³/mol. The number of nitrogens with zero attached hydrogens (tertiary/aromatic N) is 1. The molecule has 4 nitrogen and oxygen atoms in total. The molecule has 0 radical (unpaired) electrons. The number of fused-ring (bicyclic) bond motifs is 1. The molecule has 0 bridgehead atoms. The maximum Gasteiger partial charge on any atom is 0.163 e. The molecule has 0 saturated heterocycles. The molecule has 0 saturated carbocycles. The Balaban J connectivity index is 2.22. The van der Waals surface area contributed by atoms with Crippen molar-refractivity contribution in [3.63, 3.8) is 0 Å². The quantitative estimate of drug-likeness (QED) is 0.815. The lowest BCUT2D eigenvalue weighted by molar-refractivity contribution is 0.172. The van der Waals surface area contributed by atoms with Gasteiger partial charge in [-0.3, -0.25) is 0 Å². The molecule has 0 aromatic heterocycles. The second kappa shape index (κ2) is 5.17. The highest BCUT2D eigenvalue weighted by Crippen LogP contribution is 2.38. The van der Waals surface area contributed by atoms with E-state index in [1.54, 1.807) is 0 Å². The zero-order chi connectivity index (χ0) is 12.3. The van der Waals surface area contributed by atoms with E-state index < -0.39 is 0 Å². The first-order valence-corrected chi connectivity index (χ1v) is 6.12.